The highest BCUT2D eigenvalue weighted by atomic mass is 32.2. The van der Waals surface area contributed by atoms with Crippen molar-refractivity contribution in [2.75, 3.05) is 30.1 Å². The normalized spacial score (nSPS) is 23.9. The maximum Gasteiger partial charge on any atom is 0.522 e. The highest BCUT2D eigenvalue weighted by Crippen LogP contribution is 2.43. The number of esters is 3. The summed E-state index contributed by atoms with van der Waals surface area (Å²) in [7, 11) is 0. The second kappa shape index (κ2) is 22.0. The fraction of sp³-hybridized carbons (Fsp3) is 0.600. The molecular formula is C35H45F3N6O14S2. The van der Waals surface area contributed by atoms with Gasteiger partial charge in [-0.05, 0) is 36.5 Å². The Morgan fingerprint density at radius 3 is 1.67 bits per heavy atom. The molecule has 2 saturated heterocycles. The Kier molecular flexibility index (Phi) is 18.1. The predicted molar refractivity (Wildman–Crippen MR) is 207 cm³/mol. The molecule has 0 radical (unpaired) electrons. The molecule has 2 aliphatic heterocycles. The summed E-state index contributed by atoms with van der Waals surface area (Å²) >= 11 is 6.26. The summed E-state index contributed by atoms with van der Waals surface area (Å²) in [5.41, 5.74) is -1.68. The van der Waals surface area contributed by atoms with Gasteiger partial charge >= 0.3 is 35.6 Å². The van der Waals surface area contributed by atoms with Gasteiger partial charge in [0.05, 0.1) is 0 Å². The van der Waals surface area contributed by atoms with Crippen LogP contribution < -0.4 is 22.0 Å². The van der Waals surface area contributed by atoms with Crippen LogP contribution >= 0.6 is 24.0 Å². The first-order valence-electron chi connectivity index (χ1n) is 18.0. The molecule has 4 heterocycles. The fourth-order valence-corrected chi connectivity index (χ4v) is 6.49. The van der Waals surface area contributed by atoms with Crippen LogP contribution in [0.5, 0.6) is 0 Å². The topological polar surface area (TPSA) is 244 Å². The number of carbonyl (C=O) groups is 5. The predicted octanol–water partition coefficient (Wildman–Crippen LogP) is 2.86. The van der Waals surface area contributed by atoms with E-state index in [9.17, 15) is 46.7 Å². The van der Waals surface area contributed by atoms with Crippen LogP contribution in [-0.4, -0.2) is 110 Å². The first-order chi connectivity index (χ1) is 28.0. The Bertz CT molecular complexity index is 2000. The van der Waals surface area contributed by atoms with E-state index in [-0.39, 0.29) is 41.1 Å². The van der Waals surface area contributed by atoms with Crippen LogP contribution in [-0.2, 0) is 57.1 Å². The molecule has 2 aromatic rings. The quantitative estimate of drug-likeness (QED) is 0.167. The number of rotatable bonds is 13. The lowest BCUT2D eigenvalue weighted by atomic mass is 9.84. The third kappa shape index (κ3) is 14.3. The summed E-state index contributed by atoms with van der Waals surface area (Å²) in [5, 5.41) is 4.72. The van der Waals surface area contributed by atoms with Crippen LogP contribution in [0.15, 0.2) is 34.1 Å². The number of thiocarbonyl (C=S) groups is 1. The molecule has 60 heavy (non-hydrogen) atoms. The summed E-state index contributed by atoms with van der Waals surface area (Å²) in [6.07, 6.45) is -8.27. The highest BCUT2D eigenvalue weighted by molar-refractivity contribution is 8.22. The Morgan fingerprint density at radius 2 is 1.27 bits per heavy atom. The number of ether oxygens (including phenoxy) is 7. The third-order valence-electron chi connectivity index (χ3n) is 8.68. The van der Waals surface area contributed by atoms with Gasteiger partial charge in [0.1, 0.15) is 43.2 Å². The van der Waals surface area contributed by atoms with Crippen molar-refractivity contribution in [3.8, 4) is 0 Å². The maximum atomic E-state index is 13.2. The van der Waals surface area contributed by atoms with E-state index in [0.29, 0.717) is 6.42 Å². The molecule has 9 atom stereocenters. The fourth-order valence-electron chi connectivity index (χ4n) is 6.17. The zero-order chi connectivity index (χ0) is 45.1. The van der Waals surface area contributed by atoms with Gasteiger partial charge in [0.15, 0.2) is 24.7 Å². The van der Waals surface area contributed by atoms with Crippen molar-refractivity contribution in [2.45, 2.75) is 104 Å². The molecule has 2 aromatic heterocycles. The SMILES string of the molecule is CCC(C)[C@@H]1C(OC(F)(F)F)[C@H](n2ccc(NC(C)=O)nc2=O)O[C@@H]1COC(C)=O.CSC(=S)OC1[C@@H](OC(C)=O)[C@@H](COC(C)=O)O[C@H]1n1ccc(NC(C)=O)nc1=O. The van der Waals surface area contributed by atoms with E-state index in [1.54, 1.807) is 20.1 Å². The number of halogens is 3. The van der Waals surface area contributed by atoms with Crippen molar-refractivity contribution in [3.05, 3.63) is 45.5 Å². The largest absolute Gasteiger partial charge is 0.522 e. The number of alkyl halides is 3. The van der Waals surface area contributed by atoms with Gasteiger partial charge in [-0.15, -0.1) is 13.2 Å². The lowest BCUT2D eigenvalue weighted by molar-refractivity contribution is -0.355. The number of nitrogens with one attached hydrogen (secondary N) is 2. The molecule has 2 aliphatic rings. The van der Waals surface area contributed by atoms with Crippen molar-refractivity contribution >= 4 is 69.7 Å². The van der Waals surface area contributed by atoms with Gasteiger partial charge in [0.2, 0.25) is 16.2 Å². The summed E-state index contributed by atoms with van der Waals surface area (Å²) in [6, 6.07) is 2.66. The van der Waals surface area contributed by atoms with Crippen molar-refractivity contribution < 1.29 is 70.3 Å². The van der Waals surface area contributed by atoms with Gasteiger partial charge in [0.25, 0.3) is 0 Å². The molecule has 25 heteroatoms. The molecule has 3 unspecified atom stereocenters. The van der Waals surface area contributed by atoms with Crippen LogP contribution in [0.25, 0.3) is 0 Å². The number of amides is 2. The van der Waals surface area contributed by atoms with Gasteiger partial charge < -0.3 is 39.1 Å². The first kappa shape index (κ1) is 49.4. The van der Waals surface area contributed by atoms with Crippen LogP contribution in [0.1, 0.15) is 67.3 Å². The summed E-state index contributed by atoms with van der Waals surface area (Å²) in [4.78, 5) is 88.8. The van der Waals surface area contributed by atoms with E-state index in [2.05, 4.69) is 25.3 Å². The molecule has 0 bridgehead atoms. The lowest BCUT2D eigenvalue weighted by Gasteiger charge is -2.29. The number of anilines is 2. The van der Waals surface area contributed by atoms with E-state index in [1.165, 1.54) is 59.1 Å². The van der Waals surface area contributed by atoms with Gasteiger partial charge in [-0.1, -0.05) is 32.0 Å². The van der Waals surface area contributed by atoms with E-state index in [4.69, 9.17) is 40.6 Å². The number of aromatic nitrogens is 4. The summed E-state index contributed by atoms with van der Waals surface area (Å²) < 4.78 is 78.6. The summed E-state index contributed by atoms with van der Waals surface area (Å²) in [5.74, 6) is -3.75. The van der Waals surface area contributed by atoms with Gasteiger partial charge in [-0.2, -0.15) is 9.97 Å². The Balaban J connectivity index is 0.000000320. The Morgan fingerprint density at radius 1 is 0.800 bits per heavy atom. The zero-order valence-electron chi connectivity index (χ0n) is 33.6. The average molecular weight is 895 g/mol. The number of carbonyl (C=O) groups excluding carboxylic acids is 5. The average Bonchev–Trinajstić information content (AvgIpc) is 3.64. The van der Waals surface area contributed by atoms with Crippen molar-refractivity contribution in [3.63, 3.8) is 0 Å². The molecule has 0 spiro atoms. The molecule has 2 fully saturated rings. The second-order valence-electron chi connectivity index (χ2n) is 13.2. The molecule has 2 N–H and O–H groups in total. The van der Waals surface area contributed by atoms with E-state index >= 15 is 0 Å². The minimum absolute atomic E-state index is 0.0509. The van der Waals surface area contributed by atoms with E-state index in [0.717, 1.165) is 20.9 Å². The molecule has 0 saturated carbocycles. The summed E-state index contributed by atoms with van der Waals surface area (Å²) in [6.45, 7) is 9.10. The molecule has 332 valence electrons. The van der Waals surface area contributed by atoms with Crippen molar-refractivity contribution in [2.24, 2.45) is 11.8 Å². The minimum atomic E-state index is -4.98. The molecule has 20 nitrogen and oxygen atoms in total. The molecule has 2 amide bonds. The highest BCUT2D eigenvalue weighted by Gasteiger charge is 2.53. The van der Waals surface area contributed by atoms with Gasteiger partial charge in [-0.25, -0.2) is 9.59 Å². The Labute approximate surface area is 350 Å². The van der Waals surface area contributed by atoms with Crippen LogP contribution in [0.2, 0.25) is 0 Å². The Hall–Kier alpha value is -4.98. The molecule has 0 aromatic carbocycles. The smallest absolute Gasteiger partial charge is 0.466 e. The first-order valence-corrected chi connectivity index (χ1v) is 19.7. The van der Waals surface area contributed by atoms with Crippen molar-refractivity contribution in [1.29, 1.82) is 0 Å². The van der Waals surface area contributed by atoms with Gasteiger partial charge in [0, 0.05) is 52.9 Å². The number of hydrogen-bond donors (Lipinski definition) is 2. The van der Waals surface area contributed by atoms with Crippen molar-refractivity contribution in [1.82, 2.24) is 19.1 Å². The standard InChI is InChI=1S/C18H24F3N3O6.C17H21N3O8S2/c1-5-9(2)14-12(8-28-11(4)26)29-16(15(14)30-18(19,20)21)24-7-6-13(22-10(3)25)23-17(24)27;1-8(21)18-12-5-6-20(16(24)19-12)15-14(28-17(29)30-4)13(26-10(3)23)11(27-15)7-25-9(2)22/h6-7,9,12,14-16H,5,8H2,1-4H3,(H,22,23,25,27);5-6,11,13-15H,7H2,1-4H3,(H,18,19,21,24)/t9?,12-,14+,15?,16-;11-,13+,14?,15-/m11/s1. The number of thioether (sulfide) groups is 1. The van der Waals surface area contributed by atoms with E-state index in [1.807, 2.05) is 0 Å². The number of nitrogens with zero attached hydrogens (tertiary/aromatic N) is 4. The van der Waals surface area contributed by atoms with Crippen LogP contribution in [0.4, 0.5) is 24.8 Å². The lowest BCUT2D eigenvalue weighted by Crippen LogP contribution is -2.41. The minimum Gasteiger partial charge on any atom is -0.466 e. The molecule has 4 rings (SSSR count). The van der Waals surface area contributed by atoms with Gasteiger partial charge in [-0.3, -0.25) is 37.8 Å². The monoisotopic (exact) mass is 894 g/mol. The van der Waals surface area contributed by atoms with Crippen LogP contribution in [0.3, 0.4) is 0 Å². The maximum absolute atomic E-state index is 13.2. The molecular weight excluding hydrogens is 850 g/mol. The number of hydrogen-bond acceptors (Lipinski definition) is 18. The van der Waals surface area contributed by atoms with Crippen LogP contribution in [0, 0.1) is 11.8 Å². The third-order valence-corrected chi connectivity index (χ3v) is 9.71. The second-order valence-corrected chi connectivity index (χ2v) is 14.6. The molecule has 0 aliphatic carbocycles. The van der Waals surface area contributed by atoms with E-state index < -0.39 is 90.5 Å². The zero-order valence-corrected chi connectivity index (χ0v) is 35.2.